The van der Waals surface area contributed by atoms with Gasteiger partial charge in [-0.25, -0.2) is 0 Å². The van der Waals surface area contributed by atoms with E-state index in [0.717, 1.165) is 5.69 Å². The summed E-state index contributed by atoms with van der Waals surface area (Å²) in [5, 5.41) is 2.62. The fourth-order valence-corrected chi connectivity index (χ4v) is 14.8. The number of benzene rings is 10. The lowest BCUT2D eigenvalue weighted by molar-refractivity contribution is 0.589. The van der Waals surface area contributed by atoms with Gasteiger partial charge in [-0.3, -0.25) is 0 Å². The predicted octanol–water partition coefficient (Wildman–Crippen LogP) is 13.9. The molecule has 0 unspecified atom stereocenters. The first kappa shape index (κ1) is 41.1. The highest BCUT2D eigenvalue weighted by Crippen LogP contribution is 2.51. The molecule has 0 atom stereocenters. The zero-order valence-electron chi connectivity index (χ0n) is 39.6. The van der Waals surface area contributed by atoms with Gasteiger partial charge in [0.1, 0.15) is 0 Å². The van der Waals surface area contributed by atoms with E-state index in [0.29, 0.717) is 0 Å². The summed E-state index contributed by atoms with van der Waals surface area (Å²) in [7, 11) is 0. The fourth-order valence-electron chi connectivity index (χ4n) is 12.3. The van der Waals surface area contributed by atoms with E-state index in [2.05, 4.69) is 254 Å². The molecule has 1 aromatic heterocycles. The molecule has 334 valence electrons. The van der Waals surface area contributed by atoms with E-state index in [9.17, 15) is 0 Å². The van der Waals surface area contributed by atoms with Crippen molar-refractivity contribution in [1.29, 1.82) is 0 Å². The summed E-state index contributed by atoms with van der Waals surface area (Å²) >= 11 is 3.86. The number of hydrogen-bond acceptors (Lipinski definition) is 5. The zero-order chi connectivity index (χ0) is 47.1. The fraction of sp³-hybridized carbons (Fsp3) is 0.0625. The van der Waals surface area contributed by atoms with E-state index in [1.807, 2.05) is 23.1 Å². The van der Waals surface area contributed by atoms with Gasteiger partial charge in [-0.15, -0.1) is 11.3 Å². The maximum absolute atomic E-state index is 2.64. The molecule has 0 amide bonds. The van der Waals surface area contributed by atoms with Crippen molar-refractivity contribution >= 4 is 141 Å². The number of rotatable bonds is 4. The summed E-state index contributed by atoms with van der Waals surface area (Å²) < 4.78 is 2.63. The lowest BCUT2D eigenvalue weighted by Gasteiger charge is -2.45. The molecule has 0 fully saturated rings. The molecule has 0 radical (unpaired) electrons. The second-order valence-corrected chi connectivity index (χ2v) is 22.5. The number of thiophene rings is 1. The number of nitrogens with zero attached hydrogens (tertiary/aromatic N) is 3. The first-order valence-electron chi connectivity index (χ1n) is 24.7. The molecule has 10 aromatic carbocycles. The molecule has 5 heterocycles. The summed E-state index contributed by atoms with van der Waals surface area (Å²) in [6.07, 6.45) is 0. The minimum Gasteiger partial charge on any atom is -0.311 e. The average Bonchev–Trinajstić information content (AvgIpc) is 3.80. The maximum Gasteiger partial charge on any atom is 0.252 e. The van der Waals surface area contributed by atoms with Crippen LogP contribution in [-0.2, 0) is 5.41 Å². The van der Waals surface area contributed by atoms with Gasteiger partial charge < -0.3 is 14.7 Å². The van der Waals surface area contributed by atoms with Gasteiger partial charge >= 0.3 is 0 Å². The first-order valence-corrected chi connectivity index (χ1v) is 26.4. The Hall–Kier alpha value is -7.70. The number of fused-ring (bicyclic) bond motifs is 11. The summed E-state index contributed by atoms with van der Waals surface area (Å²) in [5.41, 5.74) is 22.8. The molecule has 0 bridgehead atoms. The van der Waals surface area contributed by atoms with E-state index < -0.39 is 0 Å². The maximum atomic E-state index is 2.64. The molecular weight excluding hydrogens is 896 g/mol. The van der Waals surface area contributed by atoms with Gasteiger partial charge in [0.2, 0.25) is 6.71 Å². The highest BCUT2D eigenvalue weighted by Gasteiger charge is 2.47. The lowest BCUT2D eigenvalue weighted by atomic mass is 9.31. The molecule has 0 N–H and O–H groups in total. The van der Waals surface area contributed by atoms with Crippen molar-refractivity contribution in [2.75, 3.05) is 14.7 Å². The molecule has 15 rings (SSSR count). The van der Waals surface area contributed by atoms with Crippen LogP contribution in [0.1, 0.15) is 26.3 Å². The molecule has 4 aliphatic heterocycles. The van der Waals surface area contributed by atoms with Gasteiger partial charge in [0.25, 0.3) is 6.71 Å². The third-order valence-corrected chi connectivity index (χ3v) is 17.8. The van der Waals surface area contributed by atoms with Crippen LogP contribution in [0, 0.1) is 0 Å². The molecule has 71 heavy (non-hydrogen) atoms. The van der Waals surface area contributed by atoms with Crippen LogP contribution < -0.4 is 47.5 Å². The standard InChI is InChI=1S/C64H45B2N3S2/c1-64(2,3)40-36-57-62-60(37-40)70-59-39-56-49(38-50(59)66(62)48-29-13-16-32-53(48)68(57)42-22-8-5-9-23-42)65-47-28-12-15-31-52(47)67(41-20-6-4-7-21-41)54-33-19-34-55(61(54)65)69(56)51-30-14-10-24-43(51)45-26-18-27-46-44-25-11-17-35-58(44)71-63(45)46/h4-39H,1-3H3. The van der Waals surface area contributed by atoms with E-state index in [4.69, 9.17) is 0 Å². The van der Waals surface area contributed by atoms with Crippen molar-refractivity contribution in [3.8, 4) is 11.1 Å². The molecule has 0 aliphatic carbocycles. The molecule has 3 nitrogen and oxygen atoms in total. The van der Waals surface area contributed by atoms with Gasteiger partial charge in [-0.1, -0.05) is 178 Å². The summed E-state index contributed by atoms with van der Waals surface area (Å²) in [6.45, 7) is 7.07. The summed E-state index contributed by atoms with van der Waals surface area (Å²) in [4.78, 5) is 10.3. The van der Waals surface area contributed by atoms with Crippen molar-refractivity contribution in [2.24, 2.45) is 0 Å². The normalized spacial score (nSPS) is 13.9. The van der Waals surface area contributed by atoms with Crippen molar-refractivity contribution < 1.29 is 0 Å². The molecule has 0 saturated carbocycles. The number of para-hydroxylation sites is 5. The largest absolute Gasteiger partial charge is 0.311 e. The van der Waals surface area contributed by atoms with Crippen LogP contribution in [0.25, 0.3) is 31.3 Å². The molecule has 11 aromatic rings. The Labute approximate surface area is 423 Å². The van der Waals surface area contributed by atoms with Gasteiger partial charge in [-0.2, -0.15) is 0 Å². The van der Waals surface area contributed by atoms with Crippen LogP contribution in [0.4, 0.5) is 51.2 Å². The van der Waals surface area contributed by atoms with Crippen LogP contribution in [-0.4, -0.2) is 13.4 Å². The van der Waals surface area contributed by atoms with Crippen LogP contribution in [0.5, 0.6) is 0 Å². The Kier molecular flexibility index (Phi) is 8.92. The number of hydrogen-bond donors (Lipinski definition) is 0. The Morgan fingerprint density at radius 2 is 0.915 bits per heavy atom. The highest BCUT2D eigenvalue weighted by molar-refractivity contribution is 8.00. The predicted molar refractivity (Wildman–Crippen MR) is 307 cm³/mol. The topological polar surface area (TPSA) is 9.72 Å². The van der Waals surface area contributed by atoms with Gasteiger partial charge in [-0.05, 0) is 117 Å². The first-order chi connectivity index (χ1) is 34.9. The second kappa shape index (κ2) is 15.4. The minimum atomic E-state index is -0.0573. The van der Waals surface area contributed by atoms with Crippen LogP contribution in [0.15, 0.2) is 228 Å². The molecule has 7 heteroatoms. The third-order valence-electron chi connectivity index (χ3n) is 15.4. The van der Waals surface area contributed by atoms with E-state index in [1.54, 1.807) is 0 Å². The van der Waals surface area contributed by atoms with Crippen molar-refractivity contribution in [3.05, 3.63) is 224 Å². The Bertz CT molecular complexity index is 4010. The summed E-state index contributed by atoms with van der Waals surface area (Å²) in [5.74, 6) is 0. The van der Waals surface area contributed by atoms with Crippen LogP contribution in [0.3, 0.4) is 0 Å². The van der Waals surface area contributed by atoms with E-state index in [-0.39, 0.29) is 18.8 Å². The third kappa shape index (κ3) is 6.00. The number of anilines is 9. The molecule has 0 spiro atoms. The Morgan fingerprint density at radius 3 is 1.63 bits per heavy atom. The zero-order valence-corrected chi connectivity index (χ0v) is 41.2. The lowest BCUT2D eigenvalue weighted by Crippen LogP contribution is -2.64. The quantitative estimate of drug-likeness (QED) is 0.163. The second-order valence-electron chi connectivity index (χ2n) is 20.4. The minimum absolute atomic E-state index is 0.0131. The summed E-state index contributed by atoms with van der Waals surface area (Å²) in [6, 6.07) is 82.3. The van der Waals surface area contributed by atoms with Crippen molar-refractivity contribution in [2.45, 2.75) is 36.0 Å². The van der Waals surface area contributed by atoms with Crippen LogP contribution in [0.2, 0.25) is 0 Å². The van der Waals surface area contributed by atoms with Crippen molar-refractivity contribution in [3.63, 3.8) is 0 Å². The Morgan fingerprint density at radius 1 is 0.366 bits per heavy atom. The highest BCUT2D eigenvalue weighted by atomic mass is 32.2. The van der Waals surface area contributed by atoms with Gasteiger partial charge in [0.05, 0.1) is 5.69 Å². The van der Waals surface area contributed by atoms with E-state index in [1.165, 1.54) is 125 Å². The van der Waals surface area contributed by atoms with Gasteiger partial charge in [0.15, 0.2) is 0 Å². The SMILES string of the molecule is CC(C)(C)c1cc2c3c(c1)N(c1ccccc1)c1ccccc1B3c1cc3c(cc1S2)N(c1ccccc1-c1cccc2c1sc1ccccc12)c1cccc2c1B3c1ccccc1N2c1ccccc1. The van der Waals surface area contributed by atoms with E-state index >= 15 is 0 Å². The smallest absolute Gasteiger partial charge is 0.252 e. The average molecular weight is 942 g/mol. The van der Waals surface area contributed by atoms with Gasteiger partial charge in [0, 0.05) is 86.6 Å². The molecular formula is C64H45B2N3S2. The monoisotopic (exact) mass is 941 g/mol. The molecule has 0 saturated heterocycles. The van der Waals surface area contributed by atoms with Crippen LogP contribution >= 0.6 is 23.1 Å². The van der Waals surface area contributed by atoms with Crippen molar-refractivity contribution in [1.82, 2.24) is 0 Å². The Balaban J connectivity index is 1.03. The molecule has 4 aliphatic rings.